The Balaban J connectivity index is 1.54. The van der Waals surface area contributed by atoms with Crippen LogP contribution in [0.1, 0.15) is 56.0 Å². The minimum atomic E-state index is 0.0136. The summed E-state index contributed by atoms with van der Waals surface area (Å²) in [6.07, 6.45) is 9.52. The van der Waals surface area contributed by atoms with Gasteiger partial charge in [0.05, 0.1) is 34.8 Å². The number of hydrogen-bond donors (Lipinski definition) is 2. The second-order valence-corrected chi connectivity index (χ2v) is 8.68. The molecule has 168 valence electrons. The zero-order chi connectivity index (χ0) is 22.1. The molecule has 3 N–H and O–H groups in total. The third kappa shape index (κ3) is 3.84. The monoisotopic (exact) mass is 434 g/mol. The molecule has 1 aromatic carbocycles. The summed E-state index contributed by atoms with van der Waals surface area (Å²) in [6, 6.07) is 8.40. The molecule has 0 atom stereocenters. The number of unbranched alkanes of at least 4 members (excludes halogenated alkanes) is 3. The van der Waals surface area contributed by atoms with E-state index < -0.39 is 0 Å². The molecule has 0 bridgehead atoms. The number of fused-ring (bicyclic) bond motifs is 2. The molecule has 1 aliphatic rings. The number of rotatable bonds is 10. The van der Waals surface area contributed by atoms with E-state index in [1.165, 1.54) is 0 Å². The van der Waals surface area contributed by atoms with Crippen LogP contribution in [-0.2, 0) is 19.6 Å². The number of benzene rings is 1. The first kappa shape index (κ1) is 20.9. The third-order valence-corrected chi connectivity index (χ3v) is 6.39. The van der Waals surface area contributed by atoms with Crippen LogP contribution in [-0.4, -0.2) is 35.4 Å². The maximum atomic E-state index is 13.4. The third-order valence-electron chi connectivity index (χ3n) is 6.39. The Morgan fingerprint density at radius 1 is 1.03 bits per heavy atom. The molecule has 3 aromatic heterocycles. The van der Waals surface area contributed by atoms with Gasteiger partial charge in [0, 0.05) is 31.9 Å². The van der Waals surface area contributed by atoms with Crippen molar-refractivity contribution in [2.45, 2.75) is 64.2 Å². The lowest BCUT2D eigenvalue weighted by Crippen LogP contribution is -2.25. The average Bonchev–Trinajstić information content (AvgIpc) is 3.53. The molecule has 1 aliphatic carbocycles. The highest BCUT2D eigenvalue weighted by Gasteiger charge is 2.29. The van der Waals surface area contributed by atoms with Crippen LogP contribution in [0, 0.1) is 0 Å². The normalized spacial score (nSPS) is 14.1. The lowest BCUT2D eigenvalue weighted by atomic mass is 10.2. The summed E-state index contributed by atoms with van der Waals surface area (Å²) in [4.78, 5) is 22.6. The predicted octanol–water partition coefficient (Wildman–Crippen LogP) is 2.94. The van der Waals surface area contributed by atoms with Gasteiger partial charge in [-0.15, -0.1) is 0 Å². The molecule has 0 aliphatic heterocycles. The molecule has 0 unspecified atom stereocenters. The van der Waals surface area contributed by atoms with Gasteiger partial charge in [0.2, 0.25) is 0 Å². The van der Waals surface area contributed by atoms with Crippen molar-refractivity contribution in [3.8, 4) is 0 Å². The summed E-state index contributed by atoms with van der Waals surface area (Å²) in [5, 5.41) is 9.04. The fraction of sp³-hybridized carbons (Fsp3) is 0.458. The topological polar surface area (TPSA) is 104 Å². The second-order valence-electron chi connectivity index (χ2n) is 8.68. The molecule has 0 spiro atoms. The zero-order valence-corrected chi connectivity index (χ0v) is 18.3. The Hall–Kier alpha value is -2.97. The highest BCUT2D eigenvalue weighted by molar-refractivity contribution is 5.77. The van der Waals surface area contributed by atoms with Gasteiger partial charge in [-0.3, -0.25) is 14.1 Å². The van der Waals surface area contributed by atoms with Crippen molar-refractivity contribution in [3.05, 3.63) is 58.5 Å². The quantitative estimate of drug-likeness (QED) is 0.374. The Morgan fingerprint density at radius 2 is 1.88 bits per heavy atom. The van der Waals surface area contributed by atoms with Gasteiger partial charge in [-0.05, 0) is 49.4 Å². The second kappa shape index (κ2) is 8.88. The lowest BCUT2D eigenvalue weighted by Gasteiger charge is -2.10. The lowest BCUT2D eigenvalue weighted by molar-refractivity contribution is 0.282. The van der Waals surface area contributed by atoms with Gasteiger partial charge in [-0.2, -0.15) is 0 Å². The van der Waals surface area contributed by atoms with Crippen LogP contribution in [0.5, 0.6) is 0 Å². The molecule has 32 heavy (non-hydrogen) atoms. The first-order chi connectivity index (χ1) is 15.7. The van der Waals surface area contributed by atoms with Crippen molar-refractivity contribution in [2.24, 2.45) is 5.73 Å². The zero-order valence-electron chi connectivity index (χ0n) is 18.3. The minimum Gasteiger partial charge on any atom is -0.396 e. The van der Waals surface area contributed by atoms with E-state index in [1.807, 2.05) is 27.3 Å². The number of nitrogens with zero attached hydrogens (tertiary/aromatic N) is 5. The van der Waals surface area contributed by atoms with Crippen LogP contribution in [0.25, 0.3) is 22.1 Å². The molecule has 5 rings (SSSR count). The smallest absolute Gasteiger partial charge is 0.329 e. The molecular formula is C24H30N6O2. The van der Waals surface area contributed by atoms with Crippen molar-refractivity contribution in [1.82, 2.24) is 23.7 Å². The molecule has 4 aromatic rings. The molecule has 0 radical (unpaired) electrons. The number of aryl methyl sites for hydroxylation is 1. The average molecular weight is 435 g/mol. The van der Waals surface area contributed by atoms with E-state index in [1.54, 1.807) is 12.4 Å². The van der Waals surface area contributed by atoms with E-state index in [0.717, 1.165) is 78.5 Å². The standard InChI is InChI=1S/C24H30N6O2/c25-14-17-5-8-20-19(13-17)27-23(28(20)11-3-1-2-4-12-31)16-29-22-15-26-10-9-21(22)30(24(29)32)18-6-7-18/h5,8-10,13,15,18,31H,1-4,6-7,11-12,14,16,25H2. The van der Waals surface area contributed by atoms with Crippen LogP contribution < -0.4 is 11.4 Å². The van der Waals surface area contributed by atoms with Crippen LogP contribution in [0.3, 0.4) is 0 Å². The van der Waals surface area contributed by atoms with E-state index in [2.05, 4.69) is 15.6 Å². The molecule has 8 nitrogen and oxygen atoms in total. The highest BCUT2D eigenvalue weighted by atomic mass is 16.2. The van der Waals surface area contributed by atoms with Gasteiger partial charge in [0.15, 0.2) is 0 Å². The van der Waals surface area contributed by atoms with Crippen molar-refractivity contribution in [1.29, 1.82) is 0 Å². The van der Waals surface area contributed by atoms with E-state index in [-0.39, 0.29) is 12.3 Å². The highest BCUT2D eigenvalue weighted by Crippen LogP contribution is 2.36. The van der Waals surface area contributed by atoms with Gasteiger partial charge in [0.25, 0.3) is 0 Å². The Labute approximate surface area is 186 Å². The Morgan fingerprint density at radius 3 is 2.66 bits per heavy atom. The number of hydrogen-bond acceptors (Lipinski definition) is 5. The van der Waals surface area contributed by atoms with E-state index in [0.29, 0.717) is 19.1 Å². The molecular weight excluding hydrogens is 404 g/mol. The number of nitrogens with two attached hydrogens (primary N) is 1. The van der Waals surface area contributed by atoms with Crippen LogP contribution >= 0.6 is 0 Å². The summed E-state index contributed by atoms with van der Waals surface area (Å²) in [6.45, 7) is 1.94. The van der Waals surface area contributed by atoms with Crippen molar-refractivity contribution >= 4 is 22.1 Å². The molecule has 0 saturated heterocycles. The maximum Gasteiger partial charge on any atom is 0.329 e. The molecule has 1 fully saturated rings. The van der Waals surface area contributed by atoms with Gasteiger partial charge in [-0.1, -0.05) is 18.9 Å². The summed E-state index contributed by atoms with van der Waals surface area (Å²) in [7, 11) is 0. The van der Waals surface area contributed by atoms with Gasteiger partial charge >= 0.3 is 5.69 Å². The van der Waals surface area contributed by atoms with Gasteiger partial charge in [-0.25, -0.2) is 9.78 Å². The number of aliphatic hydroxyl groups is 1. The molecule has 3 heterocycles. The number of aromatic nitrogens is 5. The molecule has 0 amide bonds. The van der Waals surface area contributed by atoms with Crippen LogP contribution in [0.2, 0.25) is 0 Å². The van der Waals surface area contributed by atoms with Crippen LogP contribution in [0.15, 0.2) is 41.5 Å². The number of imidazole rings is 2. The first-order valence-corrected chi connectivity index (χ1v) is 11.5. The minimum absolute atomic E-state index is 0.0136. The SMILES string of the molecule is NCc1ccc2c(c1)nc(Cn1c(=O)n(C3CC3)c3ccncc31)n2CCCCCCO. The van der Waals surface area contributed by atoms with Gasteiger partial charge < -0.3 is 15.4 Å². The molecule has 1 saturated carbocycles. The van der Waals surface area contributed by atoms with E-state index in [4.69, 9.17) is 15.8 Å². The number of pyridine rings is 1. The fourth-order valence-electron chi connectivity index (χ4n) is 4.56. The van der Waals surface area contributed by atoms with Crippen LogP contribution in [0.4, 0.5) is 0 Å². The van der Waals surface area contributed by atoms with Crippen molar-refractivity contribution in [2.75, 3.05) is 6.61 Å². The van der Waals surface area contributed by atoms with Gasteiger partial charge in [0.1, 0.15) is 5.82 Å². The number of aliphatic hydroxyl groups excluding tert-OH is 1. The summed E-state index contributed by atoms with van der Waals surface area (Å²) >= 11 is 0. The largest absolute Gasteiger partial charge is 0.396 e. The van der Waals surface area contributed by atoms with Crippen molar-refractivity contribution < 1.29 is 5.11 Å². The van der Waals surface area contributed by atoms with E-state index in [9.17, 15) is 4.79 Å². The summed E-state index contributed by atoms with van der Waals surface area (Å²) < 4.78 is 5.97. The summed E-state index contributed by atoms with van der Waals surface area (Å²) in [5.74, 6) is 0.872. The predicted molar refractivity (Wildman–Crippen MR) is 125 cm³/mol. The fourth-order valence-corrected chi connectivity index (χ4v) is 4.56. The molecule has 8 heteroatoms. The maximum absolute atomic E-state index is 13.4. The Bertz CT molecular complexity index is 1300. The summed E-state index contributed by atoms with van der Waals surface area (Å²) in [5.41, 5.74) is 10.7. The Kier molecular flexibility index (Phi) is 5.80. The first-order valence-electron chi connectivity index (χ1n) is 11.5. The van der Waals surface area contributed by atoms with E-state index >= 15 is 0 Å². The van der Waals surface area contributed by atoms with Crippen molar-refractivity contribution in [3.63, 3.8) is 0 Å².